The van der Waals surface area contributed by atoms with E-state index in [9.17, 15) is 0 Å². The molecule has 0 spiro atoms. The molecule has 0 saturated carbocycles. The molecule has 19 heavy (non-hydrogen) atoms. The third-order valence-electron chi connectivity index (χ3n) is 4.16. The van der Waals surface area contributed by atoms with Crippen LogP contribution in [0.3, 0.4) is 0 Å². The lowest BCUT2D eigenvalue weighted by Crippen LogP contribution is -2.41. The smallest absolute Gasteiger partial charge is 0.114 e. The second kappa shape index (κ2) is 4.74. The van der Waals surface area contributed by atoms with Crippen LogP contribution in [0.15, 0.2) is 42.6 Å². The summed E-state index contributed by atoms with van der Waals surface area (Å²) in [6, 6.07) is 13.0. The Kier molecular flexibility index (Phi) is 3.07. The van der Waals surface area contributed by atoms with Crippen molar-refractivity contribution in [1.82, 2.24) is 9.47 Å². The molecule has 0 fully saturated rings. The van der Waals surface area contributed by atoms with Crippen molar-refractivity contribution < 1.29 is 0 Å². The topological polar surface area (TPSA) is 11.4 Å². The number of aromatic nitrogens is 1. The SMILES string of the molecule is CC1N(C)CCc2ccccc2N1c1cccn1C. The van der Waals surface area contributed by atoms with Crippen LogP contribution in [-0.4, -0.2) is 29.2 Å². The van der Waals surface area contributed by atoms with Gasteiger partial charge in [0.1, 0.15) is 5.82 Å². The zero-order chi connectivity index (χ0) is 13.4. The van der Waals surface area contributed by atoms with E-state index in [4.69, 9.17) is 0 Å². The number of benzene rings is 1. The molecule has 100 valence electrons. The first kappa shape index (κ1) is 12.3. The van der Waals surface area contributed by atoms with E-state index in [0.717, 1.165) is 13.0 Å². The highest BCUT2D eigenvalue weighted by atomic mass is 15.4. The fourth-order valence-corrected chi connectivity index (χ4v) is 2.86. The quantitative estimate of drug-likeness (QED) is 0.776. The van der Waals surface area contributed by atoms with E-state index in [1.165, 1.54) is 17.1 Å². The molecular weight excluding hydrogens is 234 g/mol. The van der Waals surface area contributed by atoms with Gasteiger partial charge in [0, 0.05) is 25.5 Å². The Morgan fingerprint density at radius 2 is 1.84 bits per heavy atom. The molecule has 0 radical (unpaired) electrons. The largest absolute Gasteiger partial charge is 0.337 e. The van der Waals surface area contributed by atoms with Gasteiger partial charge in [-0.25, -0.2) is 0 Å². The summed E-state index contributed by atoms with van der Waals surface area (Å²) in [7, 11) is 4.31. The summed E-state index contributed by atoms with van der Waals surface area (Å²) >= 11 is 0. The average Bonchev–Trinajstić information content (AvgIpc) is 2.78. The van der Waals surface area contributed by atoms with Gasteiger partial charge in [0.25, 0.3) is 0 Å². The fourth-order valence-electron chi connectivity index (χ4n) is 2.86. The number of likely N-dealkylation sites (N-methyl/N-ethyl adjacent to an activating group) is 1. The molecule has 1 aliphatic rings. The summed E-state index contributed by atoms with van der Waals surface area (Å²) in [4.78, 5) is 4.84. The molecule has 1 unspecified atom stereocenters. The van der Waals surface area contributed by atoms with Crippen LogP contribution >= 0.6 is 0 Å². The van der Waals surface area contributed by atoms with Crippen molar-refractivity contribution in [3.63, 3.8) is 0 Å². The minimum Gasteiger partial charge on any atom is -0.337 e. The Labute approximate surface area is 115 Å². The van der Waals surface area contributed by atoms with Gasteiger partial charge < -0.3 is 9.47 Å². The first-order chi connectivity index (χ1) is 9.18. The predicted octanol–water partition coefficient (Wildman–Crippen LogP) is 3.00. The van der Waals surface area contributed by atoms with Gasteiger partial charge in [0.2, 0.25) is 0 Å². The molecule has 0 aliphatic carbocycles. The number of hydrogen-bond acceptors (Lipinski definition) is 2. The monoisotopic (exact) mass is 255 g/mol. The van der Waals surface area contributed by atoms with E-state index in [1.54, 1.807) is 0 Å². The van der Waals surface area contributed by atoms with Crippen molar-refractivity contribution in [3.8, 4) is 0 Å². The number of aryl methyl sites for hydroxylation is 1. The molecule has 3 heteroatoms. The highest BCUT2D eigenvalue weighted by Crippen LogP contribution is 2.34. The summed E-state index contributed by atoms with van der Waals surface area (Å²) in [5.41, 5.74) is 2.76. The van der Waals surface area contributed by atoms with Crippen molar-refractivity contribution in [2.45, 2.75) is 19.5 Å². The zero-order valence-corrected chi connectivity index (χ0v) is 11.9. The number of para-hydroxylation sites is 1. The number of hydrogen-bond donors (Lipinski definition) is 0. The van der Waals surface area contributed by atoms with Gasteiger partial charge in [-0.2, -0.15) is 0 Å². The second-order valence-electron chi connectivity index (χ2n) is 5.34. The summed E-state index contributed by atoms with van der Waals surface area (Å²) in [5.74, 6) is 1.24. The molecule has 0 N–H and O–H groups in total. The average molecular weight is 255 g/mol. The molecule has 0 saturated heterocycles. The van der Waals surface area contributed by atoms with Gasteiger partial charge in [0.05, 0.1) is 6.17 Å². The molecule has 1 aromatic carbocycles. The molecule has 1 aromatic heterocycles. The van der Waals surface area contributed by atoms with Crippen LogP contribution in [0.1, 0.15) is 12.5 Å². The van der Waals surface area contributed by atoms with Crippen LogP contribution in [0, 0.1) is 0 Å². The summed E-state index contributed by atoms with van der Waals surface area (Å²) in [6.45, 7) is 3.37. The normalized spacial score (nSPS) is 20.2. The van der Waals surface area contributed by atoms with Crippen LogP contribution in [0.2, 0.25) is 0 Å². The van der Waals surface area contributed by atoms with Gasteiger partial charge >= 0.3 is 0 Å². The molecule has 3 nitrogen and oxygen atoms in total. The van der Waals surface area contributed by atoms with E-state index in [-0.39, 0.29) is 0 Å². The lowest BCUT2D eigenvalue weighted by Gasteiger charge is -2.35. The Morgan fingerprint density at radius 3 is 2.58 bits per heavy atom. The molecule has 1 atom stereocenters. The second-order valence-corrected chi connectivity index (χ2v) is 5.34. The van der Waals surface area contributed by atoms with Gasteiger partial charge in [-0.05, 0) is 44.2 Å². The van der Waals surface area contributed by atoms with Crippen molar-refractivity contribution in [3.05, 3.63) is 48.2 Å². The zero-order valence-electron chi connectivity index (χ0n) is 11.9. The summed E-state index contributed by atoms with van der Waals surface area (Å²) < 4.78 is 2.19. The Hall–Kier alpha value is -1.74. The Bertz CT molecular complexity index is 573. The molecule has 3 rings (SSSR count). The molecule has 2 aromatic rings. The van der Waals surface area contributed by atoms with Gasteiger partial charge in [-0.3, -0.25) is 4.90 Å². The van der Waals surface area contributed by atoms with E-state index in [1.807, 2.05) is 0 Å². The number of anilines is 2. The molecule has 0 bridgehead atoms. The summed E-state index contributed by atoms with van der Waals surface area (Å²) in [5, 5.41) is 0. The molecular formula is C16H21N3. The van der Waals surface area contributed by atoms with E-state index in [0.29, 0.717) is 6.17 Å². The maximum absolute atomic E-state index is 2.43. The molecule has 1 aliphatic heterocycles. The highest BCUT2D eigenvalue weighted by molar-refractivity contribution is 5.65. The Balaban J connectivity index is 2.15. The van der Waals surface area contributed by atoms with Gasteiger partial charge in [0.15, 0.2) is 0 Å². The van der Waals surface area contributed by atoms with Crippen molar-refractivity contribution in [1.29, 1.82) is 0 Å². The van der Waals surface area contributed by atoms with E-state index < -0.39 is 0 Å². The minimum atomic E-state index is 0.359. The standard InChI is InChI=1S/C16H21N3/c1-13-17(2)12-10-14-7-4-5-8-15(14)19(13)16-9-6-11-18(16)3/h4-9,11,13H,10,12H2,1-3H3. The first-order valence-electron chi connectivity index (χ1n) is 6.87. The third-order valence-corrected chi connectivity index (χ3v) is 4.16. The number of rotatable bonds is 1. The first-order valence-corrected chi connectivity index (χ1v) is 6.87. The molecule has 2 heterocycles. The van der Waals surface area contributed by atoms with Crippen molar-refractivity contribution >= 4 is 11.5 Å². The maximum atomic E-state index is 2.43. The number of nitrogens with zero attached hydrogens (tertiary/aromatic N) is 3. The van der Waals surface area contributed by atoms with Crippen LogP contribution in [0.25, 0.3) is 0 Å². The third kappa shape index (κ3) is 2.04. The lowest BCUT2D eigenvalue weighted by atomic mass is 10.1. The predicted molar refractivity (Wildman–Crippen MR) is 79.8 cm³/mol. The summed E-state index contributed by atoms with van der Waals surface area (Å²) in [6.07, 6.45) is 3.57. The molecule has 0 amide bonds. The van der Waals surface area contributed by atoms with Crippen LogP contribution in [0.5, 0.6) is 0 Å². The van der Waals surface area contributed by atoms with E-state index in [2.05, 4.69) is 78.0 Å². The van der Waals surface area contributed by atoms with Crippen LogP contribution in [0.4, 0.5) is 11.5 Å². The van der Waals surface area contributed by atoms with Crippen LogP contribution < -0.4 is 4.90 Å². The fraction of sp³-hybridized carbons (Fsp3) is 0.375. The maximum Gasteiger partial charge on any atom is 0.114 e. The van der Waals surface area contributed by atoms with Crippen molar-refractivity contribution in [2.75, 3.05) is 18.5 Å². The minimum absolute atomic E-state index is 0.359. The van der Waals surface area contributed by atoms with Crippen molar-refractivity contribution in [2.24, 2.45) is 7.05 Å². The van der Waals surface area contributed by atoms with Gasteiger partial charge in [-0.15, -0.1) is 0 Å². The highest BCUT2D eigenvalue weighted by Gasteiger charge is 2.26. The Morgan fingerprint density at radius 1 is 1.05 bits per heavy atom. The number of fused-ring (bicyclic) bond motifs is 1. The van der Waals surface area contributed by atoms with E-state index >= 15 is 0 Å². The lowest BCUT2D eigenvalue weighted by molar-refractivity contribution is 0.270. The van der Waals surface area contributed by atoms with Crippen LogP contribution in [-0.2, 0) is 13.5 Å². The van der Waals surface area contributed by atoms with Gasteiger partial charge in [-0.1, -0.05) is 18.2 Å².